The zero-order valence-corrected chi connectivity index (χ0v) is 13.0. The Kier molecular flexibility index (Phi) is 4.40. The summed E-state index contributed by atoms with van der Waals surface area (Å²) < 4.78 is 10.3. The second-order valence-corrected chi connectivity index (χ2v) is 7.24. The van der Waals surface area contributed by atoms with Crippen LogP contribution in [0.15, 0.2) is 0 Å². The number of esters is 2. The molecule has 4 heteroatoms. The van der Waals surface area contributed by atoms with Crippen molar-refractivity contribution >= 4 is 11.9 Å². The summed E-state index contributed by atoms with van der Waals surface area (Å²) in [6.07, 6.45) is 4.50. The number of rotatable bonds is 3. The molecule has 0 aromatic rings. The smallest absolute Gasteiger partial charge is 0.308 e. The van der Waals surface area contributed by atoms with E-state index in [1.165, 1.54) is 7.11 Å². The molecule has 0 radical (unpaired) electrons. The topological polar surface area (TPSA) is 52.6 Å². The zero-order chi connectivity index (χ0) is 14.9. The van der Waals surface area contributed by atoms with E-state index in [9.17, 15) is 9.59 Å². The molecular formula is C16H26O4. The second kappa shape index (κ2) is 5.74. The zero-order valence-electron chi connectivity index (χ0n) is 13.0. The summed E-state index contributed by atoms with van der Waals surface area (Å²) in [6.45, 7) is 5.69. The van der Waals surface area contributed by atoms with Crippen molar-refractivity contribution in [2.24, 2.45) is 23.7 Å². The first kappa shape index (κ1) is 15.3. The van der Waals surface area contributed by atoms with Gasteiger partial charge in [-0.3, -0.25) is 9.59 Å². The monoisotopic (exact) mass is 282 g/mol. The molecule has 2 saturated carbocycles. The van der Waals surface area contributed by atoms with Gasteiger partial charge in [0.2, 0.25) is 0 Å². The molecule has 2 atom stereocenters. The minimum absolute atomic E-state index is 0.0346. The van der Waals surface area contributed by atoms with E-state index in [4.69, 9.17) is 9.47 Å². The van der Waals surface area contributed by atoms with Gasteiger partial charge in [-0.15, -0.1) is 0 Å². The summed E-state index contributed by atoms with van der Waals surface area (Å²) in [5, 5.41) is 0. The van der Waals surface area contributed by atoms with Crippen LogP contribution >= 0.6 is 0 Å². The van der Waals surface area contributed by atoms with Crippen molar-refractivity contribution in [2.75, 3.05) is 7.11 Å². The minimum atomic E-state index is -0.417. The van der Waals surface area contributed by atoms with Gasteiger partial charge in [0.25, 0.3) is 0 Å². The van der Waals surface area contributed by atoms with E-state index in [1.807, 2.05) is 20.8 Å². The van der Waals surface area contributed by atoms with Crippen molar-refractivity contribution in [1.29, 1.82) is 0 Å². The fourth-order valence-corrected chi connectivity index (χ4v) is 3.92. The molecule has 0 N–H and O–H groups in total. The minimum Gasteiger partial charge on any atom is -0.469 e. The molecule has 20 heavy (non-hydrogen) atoms. The highest BCUT2D eigenvalue weighted by Gasteiger charge is 2.45. The molecule has 114 valence electrons. The summed E-state index contributed by atoms with van der Waals surface area (Å²) in [5.74, 6) is 1.20. The third kappa shape index (κ3) is 3.53. The predicted molar refractivity (Wildman–Crippen MR) is 74.9 cm³/mol. The van der Waals surface area contributed by atoms with Crippen LogP contribution in [0.5, 0.6) is 0 Å². The lowest BCUT2D eigenvalue weighted by Crippen LogP contribution is -2.34. The van der Waals surface area contributed by atoms with Gasteiger partial charge >= 0.3 is 11.9 Å². The summed E-state index contributed by atoms with van der Waals surface area (Å²) >= 11 is 0. The van der Waals surface area contributed by atoms with E-state index in [0.29, 0.717) is 24.2 Å². The Morgan fingerprint density at radius 1 is 1.10 bits per heavy atom. The first-order valence-electron chi connectivity index (χ1n) is 7.60. The van der Waals surface area contributed by atoms with Crippen LogP contribution in [-0.2, 0) is 19.1 Å². The van der Waals surface area contributed by atoms with Gasteiger partial charge in [0.15, 0.2) is 0 Å². The average Bonchev–Trinajstić information content (AvgIpc) is 2.59. The highest BCUT2D eigenvalue weighted by atomic mass is 16.6. The molecule has 0 aromatic heterocycles. The van der Waals surface area contributed by atoms with Gasteiger partial charge in [-0.25, -0.2) is 0 Å². The summed E-state index contributed by atoms with van der Waals surface area (Å²) in [4.78, 5) is 23.7. The van der Waals surface area contributed by atoms with Gasteiger partial charge in [0.05, 0.1) is 13.0 Å². The van der Waals surface area contributed by atoms with Gasteiger partial charge in [-0.05, 0) is 64.2 Å². The van der Waals surface area contributed by atoms with Crippen LogP contribution in [0.3, 0.4) is 0 Å². The van der Waals surface area contributed by atoms with Crippen molar-refractivity contribution in [3.8, 4) is 0 Å². The Balaban J connectivity index is 1.93. The lowest BCUT2D eigenvalue weighted by atomic mass is 9.72. The molecular weight excluding hydrogens is 256 g/mol. The van der Waals surface area contributed by atoms with E-state index >= 15 is 0 Å². The van der Waals surface area contributed by atoms with Crippen molar-refractivity contribution in [1.82, 2.24) is 0 Å². The van der Waals surface area contributed by atoms with Gasteiger partial charge in [-0.2, -0.15) is 0 Å². The van der Waals surface area contributed by atoms with Crippen LogP contribution in [-0.4, -0.2) is 24.6 Å². The van der Waals surface area contributed by atoms with E-state index < -0.39 is 5.60 Å². The molecule has 2 aliphatic rings. The van der Waals surface area contributed by atoms with Crippen LogP contribution < -0.4 is 0 Å². The molecule has 0 heterocycles. The molecule has 2 rings (SSSR count). The number of carbonyl (C=O) groups excluding carboxylic acids is 2. The fraction of sp³-hybridized carbons (Fsp3) is 0.875. The summed E-state index contributed by atoms with van der Waals surface area (Å²) in [7, 11) is 1.46. The largest absolute Gasteiger partial charge is 0.469 e. The number of ether oxygens (including phenoxy) is 2. The van der Waals surface area contributed by atoms with Crippen molar-refractivity contribution in [3.63, 3.8) is 0 Å². The third-order valence-corrected chi connectivity index (χ3v) is 4.65. The Morgan fingerprint density at radius 2 is 1.65 bits per heavy atom. The number of hydrogen-bond donors (Lipinski definition) is 0. The first-order valence-corrected chi connectivity index (χ1v) is 7.60. The molecule has 2 fully saturated rings. The van der Waals surface area contributed by atoms with Crippen molar-refractivity contribution < 1.29 is 19.1 Å². The molecule has 2 bridgehead atoms. The molecule has 0 spiro atoms. The predicted octanol–water partition coefficient (Wildman–Crippen LogP) is 2.94. The number of methoxy groups -OCH3 is 1. The van der Waals surface area contributed by atoms with E-state index in [-0.39, 0.29) is 17.9 Å². The molecule has 4 nitrogen and oxygen atoms in total. The van der Waals surface area contributed by atoms with E-state index in [2.05, 4.69) is 0 Å². The summed E-state index contributed by atoms with van der Waals surface area (Å²) in [6, 6.07) is 0. The highest BCUT2D eigenvalue weighted by Crippen LogP contribution is 2.50. The number of hydrogen-bond acceptors (Lipinski definition) is 4. The number of carbonyl (C=O) groups is 2. The van der Waals surface area contributed by atoms with Crippen molar-refractivity contribution in [2.45, 2.75) is 58.5 Å². The SMILES string of the molecule is COC(=O)C1CC2CCC(C1)C2CC(=O)OC(C)(C)C. The summed E-state index contributed by atoms with van der Waals surface area (Å²) in [5.41, 5.74) is -0.417. The van der Waals surface area contributed by atoms with Crippen LogP contribution in [0.1, 0.15) is 52.9 Å². The molecule has 0 aliphatic heterocycles. The Bertz CT molecular complexity index is 368. The molecule has 0 aromatic carbocycles. The lowest BCUT2D eigenvalue weighted by Gasteiger charge is -2.34. The molecule has 0 saturated heterocycles. The maximum Gasteiger partial charge on any atom is 0.308 e. The molecule has 2 unspecified atom stereocenters. The fourth-order valence-electron chi connectivity index (χ4n) is 3.92. The van der Waals surface area contributed by atoms with Gasteiger partial charge in [0, 0.05) is 6.42 Å². The maximum absolute atomic E-state index is 12.0. The van der Waals surface area contributed by atoms with E-state index in [0.717, 1.165) is 25.7 Å². The second-order valence-electron chi connectivity index (χ2n) is 7.24. The first-order chi connectivity index (χ1) is 9.30. The van der Waals surface area contributed by atoms with Crippen LogP contribution in [0.4, 0.5) is 0 Å². The lowest BCUT2D eigenvalue weighted by molar-refractivity contribution is -0.157. The Labute approximate surface area is 121 Å². The normalized spacial score (nSPS) is 32.8. The standard InChI is InChI=1S/C16H26O4/c1-16(2,3)20-14(17)9-13-10-5-6-11(13)8-12(7-10)15(18)19-4/h10-13H,5-9H2,1-4H3. The Hall–Kier alpha value is -1.06. The highest BCUT2D eigenvalue weighted by molar-refractivity contribution is 5.73. The van der Waals surface area contributed by atoms with Crippen LogP contribution in [0, 0.1) is 23.7 Å². The van der Waals surface area contributed by atoms with Crippen molar-refractivity contribution in [3.05, 3.63) is 0 Å². The number of fused-ring (bicyclic) bond motifs is 2. The van der Waals surface area contributed by atoms with Gasteiger partial charge in [0.1, 0.15) is 5.60 Å². The quantitative estimate of drug-likeness (QED) is 0.747. The van der Waals surface area contributed by atoms with E-state index in [1.54, 1.807) is 0 Å². The Morgan fingerprint density at radius 3 is 2.10 bits per heavy atom. The van der Waals surface area contributed by atoms with Gasteiger partial charge in [-0.1, -0.05) is 0 Å². The van der Waals surface area contributed by atoms with Crippen LogP contribution in [0.25, 0.3) is 0 Å². The van der Waals surface area contributed by atoms with Crippen LogP contribution in [0.2, 0.25) is 0 Å². The molecule has 2 aliphatic carbocycles. The third-order valence-electron chi connectivity index (χ3n) is 4.65. The van der Waals surface area contributed by atoms with Gasteiger partial charge < -0.3 is 9.47 Å². The average molecular weight is 282 g/mol. The molecule has 0 amide bonds. The maximum atomic E-state index is 12.0.